The predicted molar refractivity (Wildman–Crippen MR) is 102 cm³/mol. The number of ether oxygens (including phenoxy) is 1. The van der Waals surface area contributed by atoms with Crippen molar-refractivity contribution in [1.82, 2.24) is 14.8 Å². The fraction of sp³-hybridized carbons (Fsp3) is 0.190. The lowest BCUT2D eigenvalue weighted by Crippen LogP contribution is -2.30. The molecule has 0 fully saturated rings. The quantitative estimate of drug-likeness (QED) is 0.465. The summed E-state index contributed by atoms with van der Waals surface area (Å²) in [7, 11) is 0. The van der Waals surface area contributed by atoms with Crippen LogP contribution < -0.4 is 5.32 Å². The van der Waals surface area contributed by atoms with E-state index in [9.17, 15) is 26.7 Å². The first-order chi connectivity index (χ1) is 15.1. The van der Waals surface area contributed by atoms with Crippen LogP contribution in [0, 0.1) is 11.6 Å². The molecular formula is C21H15F5N4O2. The number of hydrogen-bond acceptors (Lipinski definition) is 5. The molecule has 0 saturated carbocycles. The molecule has 1 aliphatic rings. The van der Waals surface area contributed by atoms with Crippen LogP contribution in [0.4, 0.5) is 27.9 Å². The van der Waals surface area contributed by atoms with Crippen LogP contribution in [-0.4, -0.2) is 20.7 Å². The molecule has 2 aromatic carbocycles. The van der Waals surface area contributed by atoms with Gasteiger partial charge in [0.05, 0.1) is 5.57 Å². The molecule has 11 heteroatoms. The molecule has 32 heavy (non-hydrogen) atoms. The molecule has 1 N–H and O–H groups in total. The summed E-state index contributed by atoms with van der Waals surface area (Å²) in [4.78, 5) is 16.4. The first-order valence-electron chi connectivity index (χ1n) is 9.32. The molecule has 2 heterocycles. The number of allylic oxidation sites excluding steroid dienone is 1. The summed E-state index contributed by atoms with van der Waals surface area (Å²) in [5.41, 5.74) is 0.329. The van der Waals surface area contributed by atoms with Crippen molar-refractivity contribution in [3.63, 3.8) is 0 Å². The summed E-state index contributed by atoms with van der Waals surface area (Å²) < 4.78 is 73.8. The minimum absolute atomic E-state index is 0.102. The maximum Gasteiger partial charge on any atom is 0.453 e. The monoisotopic (exact) mass is 450 g/mol. The minimum atomic E-state index is -4.88. The molecular weight excluding hydrogens is 435 g/mol. The van der Waals surface area contributed by atoms with Gasteiger partial charge in [0.25, 0.3) is 5.82 Å². The van der Waals surface area contributed by atoms with Crippen molar-refractivity contribution in [2.45, 2.75) is 25.7 Å². The zero-order valence-corrected chi connectivity index (χ0v) is 16.5. The molecule has 0 saturated heterocycles. The highest BCUT2D eigenvalue weighted by Crippen LogP contribution is 2.39. The second-order valence-electron chi connectivity index (χ2n) is 7.00. The standard InChI is InChI=1S/C21H15F5N4O2/c1-11-16(18(31)32-10-12-5-3-2-4-6-12)17(14-8-7-13(22)9-15(14)23)30-20(27-11)28-19(29-30)21(24,25)26/h2-9,17H,10H2,1H3,(H,27,28,29)/t17-/m1/s1. The average molecular weight is 450 g/mol. The Balaban J connectivity index is 1.78. The summed E-state index contributed by atoms with van der Waals surface area (Å²) >= 11 is 0. The van der Waals surface area contributed by atoms with Gasteiger partial charge in [-0.1, -0.05) is 36.4 Å². The fourth-order valence-electron chi connectivity index (χ4n) is 3.35. The number of anilines is 1. The number of nitrogens with zero attached hydrogens (tertiary/aromatic N) is 3. The fourth-order valence-corrected chi connectivity index (χ4v) is 3.35. The van der Waals surface area contributed by atoms with E-state index < -0.39 is 35.6 Å². The van der Waals surface area contributed by atoms with Gasteiger partial charge in [-0.15, -0.1) is 5.10 Å². The van der Waals surface area contributed by atoms with Gasteiger partial charge in [-0.05, 0) is 18.6 Å². The van der Waals surface area contributed by atoms with Crippen LogP contribution in [0.3, 0.4) is 0 Å². The number of fused-ring (bicyclic) bond motifs is 1. The van der Waals surface area contributed by atoms with Gasteiger partial charge >= 0.3 is 12.1 Å². The lowest BCUT2D eigenvalue weighted by atomic mass is 9.95. The van der Waals surface area contributed by atoms with Crippen molar-refractivity contribution < 1.29 is 31.5 Å². The Hall–Kier alpha value is -3.76. The highest BCUT2D eigenvalue weighted by Gasteiger charge is 2.42. The maximum atomic E-state index is 14.7. The minimum Gasteiger partial charge on any atom is -0.457 e. The number of benzene rings is 2. The van der Waals surface area contributed by atoms with Crippen molar-refractivity contribution in [2.75, 3.05) is 5.32 Å². The largest absolute Gasteiger partial charge is 0.457 e. The van der Waals surface area contributed by atoms with Crippen LogP contribution in [0.5, 0.6) is 0 Å². The van der Waals surface area contributed by atoms with Gasteiger partial charge in [-0.2, -0.15) is 18.2 Å². The lowest BCUT2D eigenvalue weighted by Gasteiger charge is -2.28. The lowest BCUT2D eigenvalue weighted by molar-refractivity contribution is -0.145. The van der Waals surface area contributed by atoms with E-state index in [-0.39, 0.29) is 29.4 Å². The number of nitrogens with one attached hydrogen (secondary N) is 1. The van der Waals surface area contributed by atoms with Gasteiger partial charge in [0.1, 0.15) is 24.3 Å². The molecule has 0 unspecified atom stereocenters. The Bertz CT molecular complexity index is 1200. The zero-order valence-electron chi connectivity index (χ0n) is 16.5. The van der Waals surface area contributed by atoms with Crippen molar-refractivity contribution >= 4 is 11.9 Å². The van der Waals surface area contributed by atoms with E-state index >= 15 is 0 Å². The number of halogens is 5. The first-order valence-corrected chi connectivity index (χ1v) is 9.32. The summed E-state index contributed by atoms with van der Waals surface area (Å²) in [5, 5.41) is 6.03. The van der Waals surface area contributed by atoms with Crippen LogP contribution in [0.2, 0.25) is 0 Å². The number of alkyl halides is 3. The predicted octanol–water partition coefficient (Wildman–Crippen LogP) is 4.61. The highest BCUT2D eigenvalue weighted by atomic mass is 19.4. The molecule has 0 bridgehead atoms. The Morgan fingerprint density at radius 3 is 2.53 bits per heavy atom. The molecule has 6 nitrogen and oxygen atoms in total. The average Bonchev–Trinajstić information content (AvgIpc) is 3.16. The zero-order chi connectivity index (χ0) is 23.0. The van der Waals surface area contributed by atoms with Gasteiger partial charge in [0.2, 0.25) is 5.95 Å². The van der Waals surface area contributed by atoms with E-state index in [1.807, 2.05) is 0 Å². The Morgan fingerprint density at radius 1 is 1.16 bits per heavy atom. The van der Waals surface area contributed by atoms with E-state index in [1.165, 1.54) is 6.92 Å². The molecule has 1 aliphatic heterocycles. The van der Waals surface area contributed by atoms with Crippen LogP contribution in [-0.2, 0) is 22.3 Å². The molecule has 4 rings (SSSR count). The van der Waals surface area contributed by atoms with Crippen LogP contribution in [0.15, 0.2) is 59.8 Å². The number of hydrogen-bond donors (Lipinski definition) is 1. The van der Waals surface area contributed by atoms with Gasteiger partial charge in [0.15, 0.2) is 0 Å². The van der Waals surface area contributed by atoms with Gasteiger partial charge < -0.3 is 10.1 Å². The summed E-state index contributed by atoms with van der Waals surface area (Å²) in [6.45, 7) is 1.30. The number of carbonyl (C=O) groups is 1. The Labute approximate surface area is 178 Å². The third kappa shape index (κ3) is 4.05. The SMILES string of the molecule is CC1=C(C(=O)OCc2ccccc2)[C@@H](c2ccc(F)cc2F)n2nc(C(F)(F)F)nc2N1. The van der Waals surface area contributed by atoms with Gasteiger partial charge in [-0.3, -0.25) is 0 Å². The van der Waals surface area contributed by atoms with Crippen molar-refractivity contribution in [2.24, 2.45) is 0 Å². The normalized spacial score (nSPS) is 15.9. The van der Waals surface area contributed by atoms with E-state index in [4.69, 9.17) is 4.74 Å². The number of rotatable bonds is 4. The Morgan fingerprint density at radius 2 is 1.88 bits per heavy atom. The molecule has 3 aromatic rings. The summed E-state index contributed by atoms with van der Waals surface area (Å²) in [6, 6.07) is 9.78. The smallest absolute Gasteiger partial charge is 0.453 e. The molecule has 166 valence electrons. The number of carbonyl (C=O) groups excluding carboxylic acids is 1. The summed E-state index contributed by atoms with van der Waals surface area (Å²) in [5.74, 6) is -4.67. The molecule has 0 amide bonds. The molecule has 1 aromatic heterocycles. The van der Waals surface area contributed by atoms with E-state index in [0.717, 1.165) is 16.8 Å². The van der Waals surface area contributed by atoms with Gasteiger partial charge in [-0.25, -0.2) is 18.3 Å². The van der Waals surface area contributed by atoms with Crippen molar-refractivity contribution in [1.29, 1.82) is 0 Å². The van der Waals surface area contributed by atoms with Crippen molar-refractivity contribution in [3.05, 3.63) is 88.4 Å². The second kappa shape index (κ2) is 8.06. The van der Waals surface area contributed by atoms with E-state index in [2.05, 4.69) is 15.4 Å². The number of esters is 1. The third-order valence-electron chi connectivity index (χ3n) is 4.80. The summed E-state index contributed by atoms with van der Waals surface area (Å²) in [6.07, 6.45) is -4.88. The van der Waals surface area contributed by atoms with E-state index in [0.29, 0.717) is 11.6 Å². The molecule has 0 aliphatic carbocycles. The maximum absolute atomic E-state index is 14.7. The third-order valence-corrected chi connectivity index (χ3v) is 4.80. The second-order valence-corrected chi connectivity index (χ2v) is 7.00. The van der Waals surface area contributed by atoms with E-state index in [1.54, 1.807) is 30.3 Å². The van der Waals surface area contributed by atoms with Crippen LogP contribution >= 0.6 is 0 Å². The molecule has 0 radical (unpaired) electrons. The number of aromatic nitrogens is 3. The Kier molecular flexibility index (Phi) is 5.41. The topological polar surface area (TPSA) is 69.0 Å². The van der Waals surface area contributed by atoms with Crippen LogP contribution in [0.25, 0.3) is 0 Å². The first kappa shape index (κ1) is 21.5. The molecule has 0 spiro atoms. The van der Waals surface area contributed by atoms with Gasteiger partial charge in [0, 0.05) is 17.3 Å². The molecule has 1 atom stereocenters. The highest BCUT2D eigenvalue weighted by molar-refractivity contribution is 5.92. The van der Waals surface area contributed by atoms with Crippen molar-refractivity contribution in [3.8, 4) is 0 Å². The van der Waals surface area contributed by atoms with Crippen LogP contribution in [0.1, 0.15) is 29.9 Å².